The lowest BCUT2D eigenvalue weighted by molar-refractivity contribution is -0.0856. The van der Waals surface area contributed by atoms with Crippen molar-refractivity contribution in [1.29, 1.82) is 5.41 Å². The molecule has 1 aliphatic heterocycles. The number of rotatable bonds is 2. The molecule has 1 unspecified atom stereocenters. The van der Waals surface area contributed by atoms with Gasteiger partial charge in [-0.1, -0.05) is 20.8 Å². The third-order valence-electron chi connectivity index (χ3n) is 4.31. The largest absolute Gasteiger partial charge is 0.364 e. The van der Waals surface area contributed by atoms with Gasteiger partial charge in [0.05, 0.1) is 29.7 Å². The van der Waals surface area contributed by atoms with E-state index in [1.54, 1.807) is 23.6 Å². The molecule has 0 amide bonds. The van der Waals surface area contributed by atoms with Crippen LogP contribution in [0.4, 0.5) is 5.69 Å². The molecule has 0 aliphatic carbocycles. The van der Waals surface area contributed by atoms with E-state index in [-0.39, 0.29) is 22.6 Å². The molecular weight excluding hydrogens is 334 g/mol. The van der Waals surface area contributed by atoms with Crippen LogP contribution >= 0.6 is 11.3 Å². The number of hydrogen-bond acceptors (Lipinski definition) is 6. The summed E-state index contributed by atoms with van der Waals surface area (Å²) in [4.78, 5) is 7.10. The number of aromatic nitrogens is 2. The number of morpholine rings is 1. The van der Waals surface area contributed by atoms with Gasteiger partial charge in [-0.25, -0.2) is 4.98 Å². The van der Waals surface area contributed by atoms with Gasteiger partial charge >= 0.3 is 0 Å². The van der Waals surface area contributed by atoms with Gasteiger partial charge < -0.3 is 15.5 Å². The lowest BCUT2D eigenvalue weighted by Crippen LogP contribution is -2.50. The zero-order chi connectivity index (χ0) is 18.4. The van der Waals surface area contributed by atoms with Crippen LogP contribution in [0.2, 0.25) is 0 Å². The van der Waals surface area contributed by atoms with Crippen LogP contribution in [0, 0.1) is 5.41 Å². The summed E-state index contributed by atoms with van der Waals surface area (Å²) < 4.78 is 7.66. The molecule has 1 aliphatic rings. The summed E-state index contributed by atoms with van der Waals surface area (Å²) in [5, 5.41) is 10.9. The first-order valence-electron chi connectivity index (χ1n) is 8.46. The smallest absolute Gasteiger partial charge is 0.143 e. The zero-order valence-corrected chi connectivity index (χ0v) is 16.4. The monoisotopic (exact) mass is 361 g/mol. The first-order chi connectivity index (χ1) is 11.5. The molecule has 136 valence electrons. The van der Waals surface area contributed by atoms with E-state index in [2.05, 4.69) is 44.9 Å². The van der Waals surface area contributed by atoms with Gasteiger partial charge in [0, 0.05) is 17.3 Å². The molecule has 25 heavy (non-hydrogen) atoms. The molecule has 2 aromatic rings. The Morgan fingerprint density at radius 1 is 1.36 bits per heavy atom. The minimum Gasteiger partial charge on any atom is -0.364 e. The number of thiazole rings is 1. The third kappa shape index (κ3) is 3.88. The van der Waals surface area contributed by atoms with E-state index in [1.807, 2.05) is 6.07 Å². The van der Waals surface area contributed by atoms with Gasteiger partial charge in [-0.2, -0.15) is 0 Å². The Bertz CT molecular complexity index is 817. The van der Waals surface area contributed by atoms with Crippen LogP contribution in [0.3, 0.4) is 0 Å². The minimum absolute atomic E-state index is 0.0354. The Hall–Kier alpha value is -1.86. The van der Waals surface area contributed by atoms with Crippen molar-refractivity contribution in [2.75, 3.05) is 23.8 Å². The Labute approximate surface area is 152 Å². The molecule has 1 atom stereocenters. The van der Waals surface area contributed by atoms with Crippen LogP contribution in [0.15, 0.2) is 23.7 Å². The maximum Gasteiger partial charge on any atom is 0.143 e. The second kappa shape index (κ2) is 6.14. The van der Waals surface area contributed by atoms with Gasteiger partial charge in [0.2, 0.25) is 0 Å². The van der Waals surface area contributed by atoms with Crippen molar-refractivity contribution in [3.8, 4) is 0 Å². The first-order valence-corrected chi connectivity index (χ1v) is 9.34. The fourth-order valence-corrected chi connectivity index (χ4v) is 4.05. The van der Waals surface area contributed by atoms with Gasteiger partial charge in [0.15, 0.2) is 0 Å². The average molecular weight is 362 g/mol. The summed E-state index contributed by atoms with van der Waals surface area (Å²) in [6.45, 7) is 12.2. The van der Waals surface area contributed by atoms with Crippen molar-refractivity contribution in [3.05, 3.63) is 39.9 Å². The number of hydrogen-bond donors (Lipinski definition) is 2. The van der Waals surface area contributed by atoms with Crippen molar-refractivity contribution >= 4 is 17.0 Å². The normalized spacial score (nSPS) is 20.7. The van der Waals surface area contributed by atoms with Crippen LogP contribution in [-0.2, 0) is 10.2 Å². The number of ether oxygens (including phenoxy) is 1. The average Bonchev–Trinajstić information content (AvgIpc) is 2.98. The summed E-state index contributed by atoms with van der Waals surface area (Å²) in [6.07, 6.45) is 1.72. The number of nitrogens with zero attached hydrogens (tertiary/aromatic N) is 3. The molecule has 0 saturated carbocycles. The van der Waals surface area contributed by atoms with Crippen LogP contribution in [0.25, 0.3) is 0 Å². The number of nitrogens with one attached hydrogen (secondary N) is 1. The van der Waals surface area contributed by atoms with Gasteiger partial charge in [-0.05, 0) is 26.0 Å². The van der Waals surface area contributed by atoms with Crippen molar-refractivity contribution < 1.29 is 4.74 Å². The van der Waals surface area contributed by atoms with Crippen LogP contribution in [0.5, 0.6) is 0 Å². The van der Waals surface area contributed by atoms with E-state index in [0.29, 0.717) is 0 Å². The van der Waals surface area contributed by atoms with Gasteiger partial charge in [0.25, 0.3) is 0 Å². The number of anilines is 1. The van der Waals surface area contributed by atoms with Gasteiger partial charge in [-0.3, -0.25) is 10.1 Å². The number of nitrogens with two attached hydrogens (primary N) is 1. The molecule has 3 heterocycles. The number of nitrogen functional groups attached to an aromatic ring is 1. The first kappa shape index (κ1) is 17.9. The van der Waals surface area contributed by atoms with E-state index in [1.165, 1.54) is 4.68 Å². The highest BCUT2D eigenvalue weighted by molar-refractivity contribution is 7.09. The summed E-state index contributed by atoms with van der Waals surface area (Å²) in [6, 6.07) is 3.65. The highest BCUT2D eigenvalue weighted by Crippen LogP contribution is 2.36. The van der Waals surface area contributed by atoms with E-state index < -0.39 is 0 Å². The molecule has 3 N–H and O–H groups in total. The Morgan fingerprint density at radius 3 is 2.68 bits per heavy atom. The fraction of sp³-hybridized carbons (Fsp3) is 0.556. The third-order valence-corrected chi connectivity index (χ3v) is 5.25. The topological polar surface area (TPSA) is 80.2 Å². The van der Waals surface area contributed by atoms with Crippen molar-refractivity contribution in [1.82, 2.24) is 9.66 Å². The SMILES string of the molecule is CC1(C)CN(c2ccc(=N)n(N)c2)CC(c2nc(C(C)(C)C)cs2)O1. The molecule has 0 aromatic carbocycles. The maximum absolute atomic E-state index is 7.73. The van der Waals surface area contributed by atoms with Crippen molar-refractivity contribution in [2.45, 2.75) is 51.7 Å². The standard InChI is InChI=1S/C18H27N5OS/c1-17(2,3)14-10-25-16(21-14)13-9-22(11-18(4,5)24-13)12-6-7-15(19)23(20)8-12/h6-8,10,13,19H,9,11,20H2,1-5H3. The molecule has 0 spiro atoms. The van der Waals surface area contributed by atoms with Crippen LogP contribution < -0.4 is 16.2 Å². The van der Waals surface area contributed by atoms with E-state index >= 15 is 0 Å². The molecule has 0 radical (unpaired) electrons. The molecule has 3 rings (SSSR count). The molecular formula is C18H27N5OS. The van der Waals surface area contributed by atoms with Crippen LogP contribution in [-0.4, -0.2) is 28.4 Å². The Balaban J connectivity index is 1.89. The van der Waals surface area contributed by atoms with Crippen molar-refractivity contribution in [3.63, 3.8) is 0 Å². The summed E-state index contributed by atoms with van der Waals surface area (Å²) >= 11 is 1.66. The predicted molar refractivity (Wildman–Crippen MR) is 101 cm³/mol. The van der Waals surface area contributed by atoms with E-state index in [4.69, 9.17) is 21.0 Å². The van der Waals surface area contributed by atoms with Gasteiger partial charge in [0.1, 0.15) is 16.6 Å². The quantitative estimate of drug-likeness (QED) is 0.806. The highest BCUT2D eigenvalue weighted by Gasteiger charge is 2.36. The van der Waals surface area contributed by atoms with E-state index in [9.17, 15) is 0 Å². The second-order valence-electron chi connectivity index (χ2n) is 8.25. The van der Waals surface area contributed by atoms with Gasteiger partial charge in [-0.15, -0.1) is 11.3 Å². The summed E-state index contributed by atoms with van der Waals surface area (Å²) in [5.74, 6) is 5.85. The van der Waals surface area contributed by atoms with Crippen LogP contribution in [0.1, 0.15) is 51.4 Å². The van der Waals surface area contributed by atoms with Crippen molar-refractivity contribution in [2.24, 2.45) is 0 Å². The molecule has 0 bridgehead atoms. The highest BCUT2D eigenvalue weighted by atomic mass is 32.1. The summed E-state index contributed by atoms with van der Waals surface area (Å²) in [5.41, 5.74) is 2.11. The predicted octanol–water partition coefficient (Wildman–Crippen LogP) is 2.79. The molecule has 1 saturated heterocycles. The zero-order valence-electron chi connectivity index (χ0n) is 15.5. The molecule has 1 fully saturated rings. The lowest BCUT2D eigenvalue weighted by atomic mass is 9.93. The number of pyridine rings is 1. The summed E-state index contributed by atoms with van der Waals surface area (Å²) in [7, 11) is 0. The second-order valence-corrected chi connectivity index (χ2v) is 9.14. The maximum atomic E-state index is 7.73. The lowest BCUT2D eigenvalue weighted by Gasteiger charge is -2.43. The minimum atomic E-state index is -0.296. The molecule has 2 aromatic heterocycles. The Kier molecular flexibility index (Phi) is 4.41. The fourth-order valence-electron chi connectivity index (χ4n) is 2.98. The van der Waals surface area contributed by atoms with E-state index in [0.717, 1.165) is 29.5 Å². The Morgan fingerprint density at radius 2 is 2.08 bits per heavy atom. The molecule has 6 nitrogen and oxygen atoms in total. The molecule has 7 heteroatoms.